The van der Waals surface area contributed by atoms with Gasteiger partial charge in [0.2, 0.25) is 0 Å². The highest BCUT2D eigenvalue weighted by Gasteiger charge is 2.02. The molecule has 0 bridgehead atoms. The van der Waals surface area contributed by atoms with E-state index in [0.717, 1.165) is 16.1 Å². The van der Waals surface area contributed by atoms with Crippen molar-refractivity contribution in [2.24, 2.45) is 5.10 Å². The van der Waals surface area contributed by atoms with Crippen molar-refractivity contribution >= 4 is 33.9 Å². The smallest absolute Gasteiger partial charge is 0.0701 e. The van der Waals surface area contributed by atoms with Gasteiger partial charge in [-0.15, -0.1) is 0 Å². The zero-order valence-corrected chi connectivity index (χ0v) is 11.5. The van der Waals surface area contributed by atoms with Gasteiger partial charge in [-0.05, 0) is 23.2 Å². The van der Waals surface area contributed by atoms with Gasteiger partial charge in [-0.2, -0.15) is 5.96 Å². The second kappa shape index (κ2) is 5.01. The van der Waals surface area contributed by atoms with Gasteiger partial charge >= 0.3 is 0 Å². The van der Waals surface area contributed by atoms with E-state index >= 15 is 0 Å². The van der Waals surface area contributed by atoms with Crippen molar-refractivity contribution in [2.45, 2.75) is 0 Å². The Kier molecular flexibility index (Phi) is 2.87. The Morgan fingerprint density at radius 2 is 1.86 bits per heavy atom. The molecule has 6 nitrogen and oxygen atoms in total. The van der Waals surface area contributed by atoms with Crippen LogP contribution in [0, 0.1) is 0 Å². The van der Waals surface area contributed by atoms with E-state index in [1.165, 1.54) is 0 Å². The van der Waals surface area contributed by atoms with E-state index < -0.39 is 0 Å². The molecule has 0 saturated heterocycles. The average molecular weight is 289 g/mol. The number of rotatable bonds is 1. The van der Waals surface area contributed by atoms with Crippen LogP contribution in [0.5, 0.6) is 0 Å². The third-order valence-corrected chi connectivity index (χ3v) is 3.31. The monoisotopic (exact) mass is 289 g/mol. The first-order chi connectivity index (χ1) is 10.8. The zero-order valence-electron chi connectivity index (χ0n) is 11.5. The molecule has 0 radical (unpaired) electrons. The van der Waals surface area contributed by atoms with E-state index in [1.54, 1.807) is 18.3 Å². The summed E-state index contributed by atoms with van der Waals surface area (Å²) in [7, 11) is 0. The molecular weight excluding hydrogens is 278 g/mol. The van der Waals surface area contributed by atoms with E-state index in [4.69, 9.17) is 0 Å². The predicted octanol–water partition coefficient (Wildman–Crippen LogP) is 4.43. The van der Waals surface area contributed by atoms with Gasteiger partial charge in [-0.1, -0.05) is 48.2 Å². The van der Waals surface area contributed by atoms with E-state index in [1.807, 2.05) is 42.5 Å². The topological polar surface area (TPSA) is 76.9 Å². The van der Waals surface area contributed by atoms with Crippen molar-refractivity contribution in [2.75, 3.05) is 5.17 Å². The predicted molar refractivity (Wildman–Crippen MR) is 85.9 cm³/mol. The fourth-order valence-corrected chi connectivity index (χ4v) is 2.28. The number of hydrogen-bond donors (Lipinski definition) is 1. The molecule has 0 atom stereocenters. The van der Waals surface area contributed by atoms with Crippen molar-refractivity contribution in [1.29, 1.82) is 0 Å². The van der Waals surface area contributed by atoms with Crippen molar-refractivity contribution in [3.8, 4) is 0 Å². The van der Waals surface area contributed by atoms with Crippen LogP contribution in [0.3, 0.4) is 0 Å². The van der Waals surface area contributed by atoms with Gasteiger partial charge in [0.1, 0.15) is 0 Å². The number of para-hydroxylation sites is 3. The molecule has 1 N–H and O–H groups in total. The van der Waals surface area contributed by atoms with Crippen LogP contribution in [0.2, 0.25) is 0 Å². The molecule has 22 heavy (non-hydrogen) atoms. The Balaban J connectivity index is 1.63. The molecule has 3 aromatic rings. The Morgan fingerprint density at radius 3 is 2.82 bits per heavy atom. The van der Waals surface area contributed by atoms with Crippen molar-refractivity contribution in [1.82, 2.24) is 4.98 Å². The Morgan fingerprint density at radius 1 is 1.05 bits per heavy atom. The fourth-order valence-electron chi connectivity index (χ4n) is 2.28. The lowest BCUT2D eigenvalue weighted by molar-refractivity contribution is 0.259. The van der Waals surface area contributed by atoms with Crippen LogP contribution in [0.4, 0.5) is 17.1 Å². The van der Waals surface area contributed by atoms with Gasteiger partial charge in [-0.3, -0.25) is 15.4 Å². The highest BCUT2D eigenvalue weighted by atomic mass is 16.5. The van der Waals surface area contributed by atoms with E-state index in [2.05, 4.69) is 20.7 Å². The number of fused-ring (bicyclic) bond motifs is 2. The first-order valence-electron chi connectivity index (χ1n) is 6.74. The van der Waals surface area contributed by atoms with Crippen LogP contribution in [0.1, 0.15) is 0 Å². The Labute approximate surface area is 126 Å². The number of hydrazone groups is 1. The number of guanidine groups is 1. The van der Waals surface area contributed by atoms with Crippen molar-refractivity contribution in [3.05, 3.63) is 71.4 Å². The third kappa shape index (κ3) is 2.21. The second-order valence-corrected chi connectivity index (χ2v) is 4.79. The molecule has 0 spiro atoms. The largest absolute Gasteiger partial charge is 0.522 e. The van der Waals surface area contributed by atoms with Gasteiger partial charge in [0.25, 0.3) is 0 Å². The van der Waals surface area contributed by atoms with Crippen LogP contribution in [-0.2, 0) is 0 Å². The summed E-state index contributed by atoms with van der Waals surface area (Å²) in [5, 5.41) is 24.3. The first kappa shape index (κ1) is 12.6. The highest BCUT2D eigenvalue weighted by Crippen LogP contribution is 2.38. The van der Waals surface area contributed by atoms with E-state index in [9.17, 15) is 5.21 Å². The third-order valence-electron chi connectivity index (χ3n) is 3.31. The summed E-state index contributed by atoms with van der Waals surface area (Å²) >= 11 is 0. The molecule has 1 aliphatic heterocycles. The first-order valence-corrected chi connectivity index (χ1v) is 6.74. The molecule has 0 saturated carbocycles. The quantitative estimate of drug-likeness (QED) is 0.720. The number of benzene rings is 2. The van der Waals surface area contributed by atoms with Gasteiger partial charge < -0.3 is 15.7 Å². The molecule has 2 heterocycles. The average Bonchev–Trinajstić information content (AvgIpc) is 2.55. The molecule has 4 rings (SSSR count). The van der Waals surface area contributed by atoms with E-state index in [-0.39, 0.29) is 5.96 Å². The number of anilines is 1. The summed E-state index contributed by atoms with van der Waals surface area (Å²) in [6.07, 6.45) is 1.66. The van der Waals surface area contributed by atoms with Crippen molar-refractivity contribution < 1.29 is 5.21 Å². The number of hydrogen-bond acceptors (Lipinski definition) is 4. The Hall–Kier alpha value is -3.12. The lowest BCUT2D eigenvalue weighted by Gasteiger charge is -2.42. The molecule has 1 aliphatic rings. The SMILES string of the molecule is ON1N=C([N-]c2cnc3ccccc3c2)[N-]c2ccccc21. The number of aromatic nitrogens is 1. The maximum Gasteiger partial charge on any atom is 0.0701 e. The summed E-state index contributed by atoms with van der Waals surface area (Å²) in [6, 6.07) is 16.9. The van der Waals surface area contributed by atoms with Crippen LogP contribution < -0.4 is 5.17 Å². The van der Waals surface area contributed by atoms with Crippen LogP contribution in [-0.4, -0.2) is 16.2 Å². The molecule has 0 unspecified atom stereocenters. The van der Waals surface area contributed by atoms with Crippen LogP contribution in [0.15, 0.2) is 65.9 Å². The molecule has 108 valence electrons. The molecule has 0 fully saturated rings. The minimum absolute atomic E-state index is 0.179. The molecule has 0 aliphatic carbocycles. The maximum absolute atomic E-state index is 9.89. The zero-order chi connectivity index (χ0) is 14.9. The van der Waals surface area contributed by atoms with Crippen LogP contribution in [0.25, 0.3) is 21.5 Å². The molecule has 0 amide bonds. The lowest BCUT2D eigenvalue weighted by Crippen LogP contribution is -2.16. The normalized spacial score (nSPS) is 13.3. The minimum atomic E-state index is 0.179. The van der Waals surface area contributed by atoms with Gasteiger partial charge in [0.15, 0.2) is 0 Å². The molecule has 6 heteroatoms. The minimum Gasteiger partial charge on any atom is -0.522 e. The number of pyridine rings is 1. The Bertz CT molecular complexity index is 877. The summed E-state index contributed by atoms with van der Waals surface area (Å²) in [4.78, 5) is 4.34. The van der Waals surface area contributed by atoms with Gasteiger partial charge in [-0.25, -0.2) is 0 Å². The molecule has 1 aromatic heterocycles. The summed E-state index contributed by atoms with van der Waals surface area (Å²) in [6.45, 7) is 0. The second-order valence-electron chi connectivity index (χ2n) is 4.79. The molecular formula is C16H11N5O-2. The standard InChI is InChI=1S/C16H11N5O/c22-21-15-8-4-3-7-14(15)19-16(20-21)18-12-9-11-5-1-2-6-13(11)17-10-12/h1-10,22H/q-2. The van der Waals surface area contributed by atoms with Gasteiger partial charge in [0.05, 0.1) is 11.2 Å². The van der Waals surface area contributed by atoms with Crippen LogP contribution >= 0.6 is 0 Å². The van der Waals surface area contributed by atoms with Gasteiger partial charge in [0, 0.05) is 6.20 Å². The maximum atomic E-state index is 9.89. The fraction of sp³-hybridized carbons (Fsp3) is 0. The number of nitrogens with zero attached hydrogens (tertiary/aromatic N) is 5. The summed E-state index contributed by atoms with van der Waals surface area (Å²) in [5.41, 5.74) is 2.68. The highest BCUT2D eigenvalue weighted by molar-refractivity contribution is 6.15. The van der Waals surface area contributed by atoms with Crippen molar-refractivity contribution in [3.63, 3.8) is 0 Å². The summed E-state index contributed by atoms with van der Waals surface area (Å²) in [5.74, 6) is 0.179. The lowest BCUT2D eigenvalue weighted by atomic mass is 10.2. The summed E-state index contributed by atoms with van der Waals surface area (Å²) < 4.78 is 0. The molecule has 2 aromatic carbocycles. The van der Waals surface area contributed by atoms with E-state index in [0.29, 0.717) is 17.1 Å².